The van der Waals surface area contributed by atoms with E-state index in [4.69, 9.17) is 11.6 Å². The molecule has 9 heteroatoms. The number of hydrogen-bond donors (Lipinski definition) is 0. The third kappa shape index (κ3) is 2.39. The number of carbonyl (C=O) groups is 2. The van der Waals surface area contributed by atoms with Crippen LogP contribution in [0, 0.1) is 23.3 Å². The predicted molar refractivity (Wildman–Crippen MR) is 98.9 cm³/mol. The fraction of sp³-hybridized carbons (Fsp3) is 0.200. The zero-order valence-electron chi connectivity index (χ0n) is 14.3. The SMILES string of the molecule is O=C1c2ccccc2C(=O)N1S[C@@H]1[C@@H](Cl)[C@@H]2C=C[C@@H]1c1c(F)c(F)c(F)c(F)c12. The summed E-state index contributed by atoms with van der Waals surface area (Å²) in [6.07, 6.45) is 3.05. The molecule has 0 spiro atoms. The van der Waals surface area contributed by atoms with Crippen LogP contribution in [0.15, 0.2) is 36.4 Å². The van der Waals surface area contributed by atoms with Gasteiger partial charge in [-0.2, -0.15) is 0 Å². The Hall–Kier alpha value is -2.32. The minimum absolute atomic E-state index is 0.235. The molecule has 0 N–H and O–H groups in total. The van der Waals surface area contributed by atoms with Crippen LogP contribution in [-0.4, -0.2) is 26.7 Å². The number of alkyl halides is 1. The van der Waals surface area contributed by atoms with E-state index >= 15 is 0 Å². The van der Waals surface area contributed by atoms with E-state index < -0.39 is 57.5 Å². The Morgan fingerprint density at radius 3 is 1.83 bits per heavy atom. The number of nitrogens with zero attached hydrogens (tertiary/aromatic N) is 1. The van der Waals surface area contributed by atoms with Gasteiger partial charge in [0.25, 0.3) is 11.8 Å². The normalized spacial score (nSPS) is 26.9. The van der Waals surface area contributed by atoms with E-state index in [1.165, 1.54) is 24.3 Å². The Balaban J connectivity index is 1.56. The zero-order chi connectivity index (χ0) is 20.6. The highest BCUT2D eigenvalue weighted by Gasteiger charge is 2.50. The van der Waals surface area contributed by atoms with Crippen molar-refractivity contribution in [2.45, 2.75) is 22.5 Å². The van der Waals surface area contributed by atoms with Gasteiger partial charge in [-0.1, -0.05) is 24.3 Å². The highest BCUT2D eigenvalue weighted by Crippen LogP contribution is 2.54. The number of benzene rings is 2. The summed E-state index contributed by atoms with van der Waals surface area (Å²) in [5, 5.41) is -1.63. The van der Waals surface area contributed by atoms with E-state index in [-0.39, 0.29) is 22.3 Å². The van der Waals surface area contributed by atoms with Gasteiger partial charge in [-0.3, -0.25) is 9.59 Å². The molecule has 29 heavy (non-hydrogen) atoms. The molecule has 2 aromatic rings. The molecule has 0 radical (unpaired) electrons. The smallest absolute Gasteiger partial charge is 0.268 e. The lowest BCUT2D eigenvalue weighted by molar-refractivity contribution is 0.0776. The Labute approximate surface area is 171 Å². The number of halogens is 5. The van der Waals surface area contributed by atoms with Gasteiger partial charge in [0.15, 0.2) is 23.3 Å². The van der Waals surface area contributed by atoms with Crippen LogP contribution in [0.2, 0.25) is 0 Å². The van der Waals surface area contributed by atoms with Crippen LogP contribution in [0.5, 0.6) is 0 Å². The summed E-state index contributed by atoms with van der Waals surface area (Å²) in [7, 11) is 0. The molecule has 148 valence electrons. The van der Waals surface area contributed by atoms with Gasteiger partial charge in [0, 0.05) is 23.0 Å². The van der Waals surface area contributed by atoms with Gasteiger partial charge in [-0.15, -0.1) is 11.6 Å². The maximum atomic E-state index is 14.5. The summed E-state index contributed by atoms with van der Waals surface area (Å²) in [6, 6.07) is 6.28. The standard InChI is InChI=1S/C20H10ClF4NO2S/c21-13-9-5-6-10(12-11(9)14(22)16(24)17(25)15(12)23)18(13)29-26-19(27)7-3-1-2-4-8(7)20(26)28/h1-6,9-10,13,18H/t9-,10-,13+,18+/m1/s1. The van der Waals surface area contributed by atoms with Gasteiger partial charge in [-0.25, -0.2) is 21.9 Å². The first-order chi connectivity index (χ1) is 13.8. The minimum atomic E-state index is -1.89. The van der Waals surface area contributed by atoms with E-state index in [0.717, 1.165) is 16.3 Å². The second-order valence-electron chi connectivity index (χ2n) is 6.98. The van der Waals surface area contributed by atoms with E-state index in [9.17, 15) is 27.2 Å². The summed E-state index contributed by atoms with van der Waals surface area (Å²) >= 11 is 7.29. The predicted octanol–water partition coefficient (Wildman–Crippen LogP) is 4.91. The Morgan fingerprint density at radius 2 is 1.28 bits per heavy atom. The largest absolute Gasteiger partial charge is 0.271 e. The van der Waals surface area contributed by atoms with Crippen molar-refractivity contribution in [3.63, 3.8) is 0 Å². The maximum Gasteiger partial charge on any atom is 0.271 e. The molecule has 2 amide bonds. The molecule has 0 unspecified atom stereocenters. The number of hydrogen-bond acceptors (Lipinski definition) is 3. The van der Waals surface area contributed by atoms with Gasteiger partial charge in [-0.05, 0) is 24.1 Å². The molecule has 0 saturated heterocycles. The van der Waals surface area contributed by atoms with E-state index in [2.05, 4.69) is 0 Å². The fourth-order valence-corrected chi connectivity index (χ4v) is 5.98. The van der Waals surface area contributed by atoms with Crippen molar-refractivity contribution in [2.75, 3.05) is 0 Å². The molecule has 2 bridgehead atoms. The van der Waals surface area contributed by atoms with Crippen LogP contribution in [0.3, 0.4) is 0 Å². The third-order valence-corrected chi connectivity index (χ3v) is 7.59. The fourth-order valence-electron chi connectivity index (χ4n) is 4.20. The van der Waals surface area contributed by atoms with Crippen molar-refractivity contribution in [3.8, 4) is 0 Å². The van der Waals surface area contributed by atoms with Gasteiger partial charge in [0.2, 0.25) is 0 Å². The molecule has 4 aliphatic rings. The van der Waals surface area contributed by atoms with E-state index in [0.29, 0.717) is 0 Å². The first-order valence-corrected chi connectivity index (χ1v) is 9.93. The van der Waals surface area contributed by atoms with Gasteiger partial charge < -0.3 is 0 Å². The summed E-state index contributed by atoms with van der Waals surface area (Å²) in [6.45, 7) is 0. The van der Waals surface area contributed by atoms with Gasteiger partial charge >= 0.3 is 0 Å². The first-order valence-electron chi connectivity index (χ1n) is 8.65. The average molecular weight is 440 g/mol. The lowest BCUT2D eigenvalue weighted by Crippen LogP contribution is -2.43. The second-order valence-corrected chi connectivity index (χ2v) is 8.61. The quantitative estimate of drug-likeness (QED) is 0.127. The maximum absolute atomic E-state index is 14.5. The van der Waals surface area contributed by atoms with Crippen LogP contribution in [-0.2, 0) is 0 Å². The summed E-state index contributed by atoms with van der Waals surface area (Å²) in [5.74, 6) is -9.65. The van der Waals surface area contributed by atoms with Crippen molar-refractivity contribution in [1.82, 2.24) is 4.31 Å². The van der Waals surface area contributed by atoms with Gasteiger partial charge in [0.1, 0.15) is 0 Å². The lowest BCUT2D eigenvalue weighted by atomic mass is 9.70. The monoisotopic (exact) mass is 439 g/mol. The second kappa shape index (κ2) is 6.34. The zero-order valence-corrected chi connectivity index (χ0v) is 15.9. The molecule has 2 aromatic carbocycles. The molecular weight excluding hydrogens is 430 g/mol. The molecule has 0 saturated carbocycles. The lowest BCUT2D eigenvalue weighted by Gasteiger charge is -2.43. The van der Waals surface area contributed by atoms with Crippen LogP contribution < -0.4 is 0 Å². The molecule has 1 aliphatic heterocycles. The molecule has 3 aliphatic carbocycles. The van der Waals surface area contributed by atoms with Crippen LogP contribution >= 0.6 is 23.5 Å². The molecule has 4 atom stereocenters. The third-order valence-electron chi connectivity index (χ3n) is 5.53. The van der Waals surface area contributed by atoms with Crippen LogP contribution in [0.25, 0.3) is 0 Å². The summed E-state index contributed by atoms with van der Waals surface area (Å²) in [4.78, 5) is 25.3. The van der Waals surface area contributed by atoms with Crippen molar-refractivity contribution >= 4 is 35.4 Å². The number of imide groups is 1. The van der Waals surface area contributed by atoms with E-state index in [1.807, 2.05) is 0 Å². The van der Waals surface area contributed by atoms with Gasteiger partial charge in [0.05, 0.1) is 21.8 Å². The Kier molecular flexibility index (Phi) is 4.08. The topological polar surface area (TPSA) is 37.4 Å². The number of allylic oxidation sites excluding steroid dienone is 2. The van der Waals surface area contributed by atoms with Crippen molar-refractivity contribution in [3.05, 3.63) is 81.9 Å². The highest BCUT2D eigenvalue weighted by molar-refractivity contribution is 7.98. The highest BCUT2D eigenvalue weighted by atomic mass is 35.5. The molecule has 0 fully saturated rings. The molecule has 6 rings (SSSR count). The summed E-state index contributed by atoms with van der Waals surface area (Å²) < 4.78 is 57.5. The number of amides is 2. The van der Waals surface area contributed by atoms with Crippen LogP contribution in [0.4, 0.5) is 17.6 Å². The van der Waals surface area contributed by atoms with E-state index in [1.54, 1.807) is 12.1 Å². The molecule has 0 aromatic heterocycles. The average Bonchev–Trinajstić information content (AvgIpc) is 2.97. The Bertz CT molecular complexity index is 1100. The minimum Gasteiger partial charge on any atom is -0.268 e. The van der Waals surface area contributed by atoms with Crippen molar-refractivity contribution in [1.29, 1.82) is 0 Å². The van der Waals surface area contributed by atoms with Crippen molar-refractivity contribution in [2.24, 2.45) is 0 Å². The molecule has 3 nitrogen and oxygen atoms in total. The first kappa shape index (κ1) is 18.7. The number of fused-ring (bicyclic) bond motifs is 2. The molecule has 1 heterocycles. The molecular formula is C20H10ClF4NO2S. The summed E-state index contributed by atoms with van der Waals surface area (Å²) in [5.41, 5.74) is -0.162. The van der Waals surface area contributed by atoms with Crippen LogP contribution in [0.1, 0.15) is 43.7 Å². The number of carbonyl (C=O) groups excluding carboxylic acids is 2. The van der Waals surface area contributed by atoms with Crippen molar-refractivity contribution < 1.29 is 27.2 Å². The number of rotatable bonds is 2. The Morgan fingerprint density at radius 1 is 0.793 bits per heavy atom.